The molecular formula is C14H15ClN4O. The minimum Gasteiger partial charge on any atom is -0.275 e. The van der Waals surface area contributed by atoms with Gasteiger partial charge in [0.1, 0.15) is 10.7 Å². The Balaban J connectivity index is 2.26. The standard InChI is InChI=1S/C14H15ClN4O/c1-2-6-11(10-7-4-3-5-8-10)17-18-12-9-16-19-14(20)13(12)15/h3-5,7-9H,2,6H2,1H3,(H2,18,19,20). The number of nitrogens with one attached hydrogen (secondary N) is 2. The monoisotopic (exact) mass is 290 g/mol. The van der Waals surface area contributed by atoms with Crippen molar-refractivity contribution in [1.82, 2.24) is 10.2 Å². The topological polar surface area (TPSA) is 70.1 Å². The van der Waals surface area contributed by atoms with Crippen molar-refractivity contribution in [1.29, 1.82) is 0 Å². The Bertz CT molecular complexity index is 652. The Hall–Kier alpha value is -2.14. The summed E-state index contributed by atoms with van der Waals surface area (Å²) in [6.45, 7) is 2.08. The maximum Gasteiger partial charge on any atom is 0.285 e. The summed E-state index contributed by atoms with van der Waals surface area (Å²) < 4.78 is 0. The summed E-state index contributed by atoms with van der Waals surface area (Å²) in [5, 5.41) is 10.3. The van der Waals surface area contributed by atoms with Crippen LogP contribution in [0.15, 0.2) is 46.4 Å². The van der Waals surface area contributed by atoms with Crippen LogP contribution in [0.2, 0.25) is 5.02 Å². The van der Waals surface area contributed by atoms with E-state index in [1.54, 1.807) is 0 Å². The SMILES string of the molecule is CCCC(=NNc1cn[nH]c(=O)c1Cl)c1ccccc1. The Labute approximate surface area is 121 Å². The van der Waals surface area contributed by atoms with Crippen LogP contribution in [-0.4, -0.2) is 15.9 Å². The summed E-state index contributed by atoms with van der Waals surface area (Å²) in [4.78, 5) is 11.3. The second-order valence-electron chi connectivity index (χ2n) is 4.21. The Morgan fingerprint density at radius 2 is 2.15 bits per heavy atom. The number of hydrogen-bond acceptors (Lipinski definition) is 4. The van der Waals surface area contributed by atoms with Crippen LogP contribution in [0, 0.1) is 0 Å². The van der Waals surface area contributed by atoms with E-state index in [9.17, 15) is 4.79 Å². The zero-order chi connectivity index (χ0) is 14.4. The van der Waals surface area contributed by atoms with Gasteiger partial charge < -0.3 is 0 Å². The maximum absolute atomic E-state index is 11.3. The van der Waals surface area contributed by atoms with Crippen molar-refractivity contribution in [2.75, 3.05) is 5.43 Å². The fourth-order valence-electron chi connectivity index (χ4n) is 1.72. The summed E-state index contributed by atoms with van der Waals surface area (Å²) in [5.74, 6) is 0. The van der Waals surface area contributed by atoms with E-state index in [1.165, 1.54) is 6.20 Å². The molecule has 1 aromatic heterocycles. The first kappa shape index (κ1) is 14.3. The normalized spacial score (nSPS) is 11.4. The van der Waals surface area contributed by atoms with Gasteiger partial charge in [0.05, 0.1) is 11.9 Å². The third kappa shape index (κ3) is 3.45. The minimum absolute atomic E-state index is 0.0488. The number of nitrogens with zero attached hydrogens (tertiary/aromatic N) is 2. The lowest BCUT2D eigenvalue weighted by atomic mass is 10.1. The van der Waals surface area contributed by atoms with Gasteiger partial charge in [-0.3, -0.25) is 10.2 Å². The molecule has 0 aliphatic heterocycles. The van der Waals surface area contributed by atoms with Crippen molar-refractivity contribution >= 4 is 23.0 Å². The molecule has 0 radical (unpaired) electrons. The van der Waals surface area contributed by atoms with E-state index in [4.69, 9.17) is 11.6 Å². The van der Waals surface area contributed by atoms with E-state index < -0.39 is 5.56 Å². The van der Waals surface area contributed by atoms with Crippen molar-refractivity contribution in [3.05, 3.63) is 57.5 Å². The molecule has 0 unspecified atom stereocenters. The van der Waals surface area contributed by atoms with Crippen LogP contribution in [-0.2, 0) is 0 Å². The third-order valence-corrected chi connectivity index (χ3v) is 3.08. The average Bonchev–Trinajstić information content (AvgIpc) is 2.48. The molecule has 0 spiro atoms. The summed E-state index contributed by atoms with van der Waals surface area (Å²) in [5.41, 5.74) is 4.70. The van der Waals surface area contributed by atoms with Crippen LogP contribution in [0.4, 0.5) is 5.69 Å². The molecule has 20 heavy (non-hydrogen) atoms. The number of hydrazone groups is 1. The van der Waals surface area contributed by atoms with E-state index >= 15 is 0 Å². The van der Waals surface area contributed by atoms with Crippen LogP contribution in [0.25, 0.3) is 0 Å². The van der Waals surface area contributed by atoms with Gasteiger partial charge in [-0.15, -0.1) is 0 Å². The second-order valence-corrected chi connectivity index (χ2v) is 4.59. The van der Waals surface area contributed by atoms with Gasteiger partial charge in [0.25, 0.3) is 5.56 Å². The maximum atomic E-state index is 11.3. The lowest BCUT2D eigenvalue weighted by molar-refractivity contribution is 0.977. The highest BCUT2D eigenvalue weighted by Crippen LogP contribution is 2.15. The van der Waals surface area contributed by atoms with Gasteiger partial charge in [-0.2, -0.15) is 10.2 Å². The molecule has 0 aliphatic carbocycles. The number of rotatable bonds is 5. The molecule has 0 saturated carbocycles. The number of anilines is 1. The Morgan fingerprint density at radius 3 is 2.85 bits per heavy atom. The van der Waals surface area contributed by atoms with Gasteiger partial charge in [-0.25, -0.2) is 5.10 Å². The molecular weight excluding hydrogens is 276 g/mol. The number of aromatic nitrogens is 2. The predicted octanol–water partition coefficient (Wildman–Crippen LogP) is 3.04. The van der Waals surface area contributed by atoms with Gasteiger partial charge in [-0.1, -0.05) is 55.3 Å². The lowest BCUT2D eigenvalue weighted by Gasteiger charge is -2.07. The fraction of sp³-hybridized carbons (Fsp3) is 0.214. The molecule has 0 amide bonds. The van der Waals surface area contributed by atoms with Crippen molar-refractivity contribution in [3.8, 4) is 0 Å². The predicted molar refractivity (Wildman–Crippen MR) is 81.4 cm³/mol. The summed E-state index contributed by atoms with van der Waals surface area (Å²) in [6.07, 6.45) is 3.23. The highest BCUT2D eigenvalue weighted by Gasteiger charge is 2.06. The van der Waals surface area contributed by atoms with Crippen LogP contribution < -0.4 is 11.0 Å². The molecule has 0 saturated heterocycles. The van der Waals surface area contributed by atoms with E-state index in [0.29, 0.717) is 5.69 Å². The first-order chi connectivity index (χ1) is 9.72. The van der Waals surface area contributed by atoms with Gasteiger partial charge in [0.2, 0.25) is 0 Å². The molecule has 0 bridgehead atoms. The van der Waals surface area contributed by atoms with Gasteiger partial charge >= 0.3 is 0 Å². The number of hydrogen-bond donors (Lipinski definition) is 2. The Morgan fingerprint density at radius 1 is 1.40 bits per heavy atom. The molecule has 0 aliphatic rings. The molecule has 0 atom stereocenters. The molecule has 5 nitrogen and oxygen atoms in total. The van der Waals surface area contributed by atoms with Gasteiger partial charge in [-0.05, 0) is 12.0 Å². The van der Waals surface area contributed by atoms with Crippen LogP contribution in [0.5, 0.6) is 0 Å². The number of halogens is 1. The summed E-state index contributed by atoms with van der Waals surface area (Å²) in [6, 6.07) is 9.87. The quantitative estimate of drug-likeness (QED) is 0.657. The van der Waals surface area contributed by atoms with E-state index in [0.717, 1.165) is 24.1 Å². The molecule has 6 heteroatoms. The molecule has 104 valence electrons. The number of H-pyrrole nitrogens is 1. The van der Waals surface area contributed by atoms with Crippen LogP contribution in [0.3, 0.4) is 0 Å². The lowest BCUT2D eigenvalue weighted by Crippen LogP contribution is -2.11. The zero-order valence-electron chi connectivity index (χ0n) is 11.1. The Kier molecular flexibility index (Phi) is 4.90. The number of aromatic amines is 1. The van der Waals surface area contributed by atoms with E-state index in [-0.39, 0.29) is 5.02 Å². The average molecular weight is 291 g/mol. The van der Waals surface area contributed by atoms with Crippen LogP contribution in [0.1, 0.15) is 25.3 Å². The largest absolute Gasteiger partial charge is 0.285 e. The fourth-order valence-corrected chi connectivity index (χ4v) is 1.85. The van der Waals surface area contributed by atoms with Crippen molar-refractivity contribution in [2.24, 2.45) is 5.10 Å². The molecule has 1 aromatic carbocycles. The van der Waals surface area contributed by atoms with Gasteiger partial charge in [0.15, 0.2) is 0 Å². The van der Waals surface area contributed by atoms with Crippen LogP contribution >= 0.6 is 11.6 Å². The number of benzene rings is 1. The first-order valence-electron chi connectivity index (χ1n) is 6.33. The highest BCUT2D eigenvalue weighted by molar-refractivity contribution is 6.32. The third-order valence-electron chi connectivity index (χ3n) is 2.70. The summed E-state index contributed by atoms with van der Waals surface area (Å²) >= 11 is 5.88. The zero-order valence-corrected chi connectivity index (χ0v) is 11.8. The van der Waals surface area contributed by atoms with Crippen molar-refractivity contribution in [3.63, 3.8) is 0 Å². The molecule has 2 N–H and O–H groups in total. The minimum atomic E-state index is -0.441. The summed E-state index contributed by atoms with van der Waals surface area (Å²) in [7, 11) is 0. The first-order valence-corrected chi connectivity index (χ1v) is 6.71. The molecule has 0 fully saturated rings. The van der Waals surface area contributed by atoms with Crippen molar-refractivity contribution < 1.29 is 0 Å². The smallest absolute Gasteiger partial charge is 0.275 e. The van der Waals surface area contributed by atoms with E-state index in [2.05, 4.69) is 27.6 Å². The highest BCUT2D eigenvalue weighted by atomic mass is 35.5. The second kappa shape index (κ2) is 6.86. The van der Waals surface area contributed by atoms with E-state index in [1.807, 2.05) is 30.3 Å². The van der Waals surface area contributed by atoms with Crippen molar-refractivity contribution in [2.45, 2.75) is 19.8 Å². The molecule has 1 heterocycles. The van der Waals surface area contributed by atoms with Gasteiger partial charge in [0, 0.05) is 0 Å². The molecule has 2 rings (SSSR count). The molecule has 2 aromatic rings.